The van der Waals surface area contributed by atoms with Gasteiger partial charge in [0.15, 0.2) is 0 Å². The van der Waals surface area contributed by atoms with E-state index in [0.29, 0.717) is 29.0 Å². The number of nitrogen functional groups attached to an aromatic ring is 1. The number of aromatic nitrogens is 2. The highest BCUT2D eigenvalue weighted by Crippen LogP contribution is 2.25. The number of anilines is 2. The van der Waals surface area contributed by atoms with Crippen LogP contribution in [-0.2, 0) is 11.2 Å². The van der Waals surface area contributed by atoms with Crippen molar-refractivity contribution in [3.8, 4) is 0 Å². The second-order valence-electron chi connectivity index (χ2n) is 6.10. The lowest BCUT2D eigenvalue weighted by Gasteiger charge is -2.09. The highest BCUT2D eigenvalue weighted by molar-refractivity contribution is 7.18. The van der Waals surface area contributed by atoms with Crippen LogP contribution in [0.2, 0.25) is 0 Å². The van der Waals surface area contributed by atoms with Gasteiger partial charge in [-0.15, -0.1) is 11.3 Å². The van der Waals surface area contributed by atoms with Crippen LogP contribution in [0.25, 0.3) is 10.2 Å². The molecule has 2 aromatic heterocycles. The summed E-state index contributed by atoms with van der Waals surface area (Å²) in [6, 6.07) is 5.38. The molecule has 0 spiro atoms. The first-order valence-corrected chi connectivity index (χ1v) is 8.81. The van der Waals surface area contributed by atoms with E-state index in [4.69, 9.17) is 5.73 Å². The van der Waals surface area contributed by atoms with Gasteiger partial charge in [0.25, 0.3) is 5.56 Å². The number of rotatable bonds is 4. The zero-order chi connectivity index (χ0) is 18.1. The number of amides is 1. The number of aryl methyl sites for hydroxylation is 4. The zero-order valence-corrected chi connectivity index (χ0v) is 15.2. The molecule has 0 unspecified atom stereocenters. The molecule has 1 amide bonds. The third-order valence-corrected chi connectivity index (χ3v) is 5.31. The fraction of sp³-hybridized carbons (Fsp3) is 0.278. The number of H-pyrrole nitrogens is 1. The number of carbonyl (C=O) groups excluding carboxylic acids is 1. The van der Waals surface area contributed by atoms with Gasteiger partial charge in [-0.1, -0.05) is 6.07 Å². The molecule has 6 nitrogen and oxygen atoms in total. The Labute approximate surface area is 149 Å². The normalized spacial score (nSPS) is 11.0. The van der Waals surface area contributed by atoms with Crippen LogP contribution in [-0.4, -0.2) is 15.9 Å². The summed E-state index contributed by atoms with van der Waals surface area (Å²) in [5.41, 5.74) is 8.82. The van der Waals surface area contributed by atoms with Crippen LogP contribution in [0.3, 0.4) is 0 Å². The molecule has 0 fully saturated rings. The second kappa shape index (κ2) is 6.68. The van der Waals surface area contributed by atoms with Crippen LogP contribution in [0.15, 0.2) is 23.0 Å². The van der Waals surface area contributed by atoms with Gasteiger partial charge in [0.1, 0.15) is 10.7 Å². The van der Waals surface area contributed by atoms with Crippen molar-refractivity contribution in [3.63, 3.8) is 0 Å². The second-order valence-corrected chi connectivity index (χ2v) is 7.30. The lowest BCUT2D eigenvalue weighted by Crippen LogP contribution is -2.16. The van der Waals surface area contributed by atoms with E-state index >= 15 is 0 Å². The number of nitrogens with two attached hydrogens (primary N) is 1. The van der Waals surface area contributed by atoms with Crippen LogP contribution >= 0.6 is 11.3 Å². The Balaban J connectivity index is 1.73. The van der Waals surface area contributed by atoms with Gasteiger partial charge in [0.05, 0.1) is 5.39 Å². The van der Waals surface area contributed by atoms with Crippen molar-refractivity contribution in [1.29, 1.82) is 0 Å². The fourth-order valence-corrected chi connectivity index (χ4v) is 3.69. The number of nitrogens with zero attached hydrogens (tertiary/aromatic N) is 1. The molecule has 7 heteroatoms. The van der Waals surface area contributed by atoms with Crippen LogP contribution in [0.5, 0.6) is 0 Å². The number of thiophene rings is 1. The van der Waals surface area contributed by atoms with E-state index in [1.54, 1.807) is 12.1 Å². The van der Waals surface area contributed by atoms with E-state index in [-0.39, 0.29) is 17.9 Å². The minimum Gasteiger partial charge on any atom is -0.399 e. The van der Waals surface area contributed by atoms with Gasteiger partial charge in [-0.25, -0.2) is 4.98 Å². The summed E-state index contributed by atoms with van der Waals surface area (Å²) in [6.07, 6.45) is 0.598. The minimum atomic E-state index is -0.145. The molecule has 0 aliphatic carbocycles. The van der Waals surface area contributed by atoms with Gasteiger partial charge in [-0.3, -0.25) is 9.59 Å². The van der Waals surface area contributed by atoms with Gasteiger partial charge in [-0.2, -0.15) is 0 Å². The van der Waals surface area contributed by atoms with Crippen molar-refractivity contribution >= 4 is 38.8 Å². The molecule has 3 aromatic rings. The largest absolute Gasteiger partial charge is 0.399 e. The molecule has 0 atom stereocenters. The van der Waals surface area contributed by atoms with Crippen LogP contribution in [0, 0.1) is 20.8 Å². The number of aromatic amines is 1. The maximum atomic E-state index is 12.2. The van der Waals surface area contributed by atoms with Gasteiger partial charge >= 0.3 is 0 Å². The smallest absolute Gasteiger partial charge is 0.259 e. The number of benzene rings is 1. The zero-order valence-electron chi connectivity index (χ0n) is 14.4. The van der Waals surface area contributed by atoms with Crippen LogP contribution in [0.1, 0.15) is 28.2 Å². The molecule has 3 rings (SSSR count). The molecule has 0 bridgehead atoms. The van der Waals surface area contributed by atoms with Crippen LogP contribution in [0.4, 0.5) is 11.4 Å². The molecule has 0 radical (unpaired) electrons. The topological polar surface area (TPSA) is 101 Å². The minimum absolute atomic E-state index is 0.144. The summed E-state index contributed by atoms with van der Waals surface area (Å²) >= 11 is 1.50. The standard InChI is InChI=1S/C18H20N4O2S/c1-9-4-5-12(19)8-13(9)20-15(23)7-6-14-21-17(24)16-10(2)11(3)25-18(16)22-14/h4-5,8H,6-7,19H2,1-3H3,(H,20,23)(H,21,22,24). The maximum absolute atomic E-state index is 12.2. The van der Waals surface area contributed by atoms with Crippen molar-refractivity contribution < 1.29 is 4.79 Å². The molecular formula is C18H20N4O2S. The Bertz CT molecular complexity index is 1020. The van der Waals surface area contributed by atoms with Gasteiger partial charge in [-0.05, 0) is 44.0 Å². The monoisotopic (exact) mass is 356 g/mol. The van der Waals surface area contributed by atoms with Gasteiger partial charge in [0.2, 0.25) is 5.91 Å². The lowest BCUT2D eigenvalue weighted by atomic mass is 10.1. The number of fused-ring (bicyclic) bond motifs is 1. The molecule has 0 saturated carbocycles. The average Bonchev–Trinajstić information content (AvgIpc) is 2.84. The Hall–Kier alpha value is -2.67. The summed E-state index contributed by atoms with van der Waals surface area (Å²) in [4.78, 5) is 33.5. The number of carbonyl (C=O) groups is 1. The van der Waals surface area contributed by atoms with Crippen molar-refractivity contribution in [2.24, 2.45) is 0 Å². The molecule has 1 aromatic carbocycles. The summed E-state index contributed by atoms with van der Waals surface area (Å²) in [6.45, 7) is 5.80. The predicted molar refractivity (Wildman–Crippen MR) is 102 cm³/mol. The first-order chi connectivity index (χ1) is 11.8. The quantitative estimate of drug-likeness (QED) is 0.625. The Kier molecular flexibility index (Phi) is 4.59. The van der Waals surface area contributed by atoms with E-state index in [1.807, 2.05) is 26.8 Å². The van der Waals surface area contributed by atoms with E-state index < -0.39 is 0 Å². The summed E-state index contributed by atoms with van der Waals surface area (Å²) in [5.74, 6) is 0.383. The molecule has 2 heterocycles. The Morgan fingerprint density at radius 1 is 1.32 bits per heavy atom. The fourth-order valence-electron chi connectivity index (χ4n) is 2.64. The van der Waals surface area contributed by atoms with Crippen molar-refractivity contribution in [1.82, 2.24) is 9.97 Å². The van der Waals surface area contributed by atoms with Crippen molar-refractivity contribution in [2.45, 2.75) is 33.6 Å². The average molecular weight is 356 g/mol. The third-order valence-electron chi connectivity index (χ3n) is 4.21. The Morgan fingerprint density at radius 3 is 2.84 bits per heavy atom. The highest BCUT2D eigenvalue weighted by atomic mass is 32.1. The van der Waals surface area contributed by atoms with Gasteiger partial charge in [0, 0.05) is 29.1 Å². The van der Waals surface area contributed by atoms with Gasteiger partial charge < -0.3 is 16.0 Å². The number of hydrogen-bond acceptors (Lipinski definition) is 5. The van der Waals surface area contributed by atoms with Crippen LogP contribution < -0.4 is 16.6 Å². The van der Waals surface area contributed by atoms with E-state index in [9.17, 15) is 9.59 Å². The maximum Gasteiger partial charge on any atom is 0.259 e. The van der Waals surface area contributed by atoms with Crippen molar-refractivity contribution in [2.75, 3.05) is 11.1 Å². The number of hydrogen-bond donors (Lipinski definition) is 3. The highest BCUT2D eigenvalue weighted by Gasteiger charge is 2.13. The van der Waals surface area contributed by atoms with Crippen molar-refractivity contribution in [3.05, 3.63) is 50.4 Å². The molecule has 0 aliphatic heterocycles. The van der Waals surface area contributed by atoms with E-state index in [1.165, 1.54) is 11.3 Å². The number of nitrogens with one attached hydrogen (secondary N) is 2. The lowest BCUT2D eigenvalue weighted by molar-refractivity contribution is -0.116. The molecule has 0 aliphatic rings. The molecule has 4 N–H and O–H groups in total. The summed E-state index contributed by atoms with van der Waals surface area (Å²) in [5, 5.41) is 3.49. The third kappa shape index (κ3) is 3.56. The molecule has 130 valence electrons. The summed E-state index contributed by atoms with van der Waals surface area (Å²) < 4.78 is 0. The predicted octanol–water partition coefficient (Wildman–Crippen LogP) is 3.06. The van der Waals surface area contributed by atoms with E-state index in [0.717, 1.165) is 20.8 Å². The molecular weight excluding hydrogens is 336 g/mol. The first-order valence-electron chi connectivity index (χ1n) is 8.00. The molecule has 25 heavy (non-hydrogen) atoms. The summed E-state index contributed by atoms with van der Waals surface area (Å²) in [7, 11) is 0. The Morgan fingerprint density at radius 2 is 2.08 bits per heavy atom. The first kappa shape index (κ1) is 17.2. The van der Waals surface area contributed by atoms with E-state index in [2.05, 4.69) is 15.3 Å². The molecule has 0 saturated heterocycles. The SMILES string of the molecule is Cc1ccc(N)cc1NC(=O)CCc1nc2sc(C)c(C)c2c(=O)[nH]1.